The number of hydrogen-bond acceptors (Lipinski definition) is 1. The third-order valence-electron chi connectivity index (χ3n) is 2.68. The molecule has 3 rings (SSSR count). The van der Waals surface area contributed by atoms with Gasteiger partial charge in [-0.3, -0.25) is 4.98 Å². The molecule has 1 aromatic rings. The molecule has 1 atom stereocenters. The van der Waals surface area contributed by atoms with E-state index in [0.717, 1.165) is 0 Å². The fourth-order valence-corrected chi connectivity index (χ4v) is 1.98. The monoisotopic (exact) mass is 178 g/mol. The molecule has 0 aromatic carbocycles. The molecule has 65 valence electrons. The van der Waals surface area contributed by atoms with Gasteiger partial charge in [-0.15, -0.1) is 5.98 Å². The van der Waals surface area contributed by atoms with E-state index >= 15 is 0 Å². The molecule has 1 aromatic heterocycles. The van der Waals surface area contributed by atoms with Crippen LogP contribution in [0.2, 0.25) is 0 Å². The van der Waals surface area contributed by atoms with Crippen molar-refractivity contribution in [2.24, 2.45) is 0 Å². The Bertz CT molecular complexity index is 457. The molecule has 2 aliphatic rings. The molecule has 2 heterocycles. The van der Waals surface area contributed by atoms with Crippen LogP contribution < -0.4 is 0 Å². The smallest absolute Gasteiger partial charge is 0.158 e. The van der Waals surface area contributed by atoms with Crippen molar-refractivity contribution in [3.8, 4) is 0 Å². The number of allylic oxidation sites excluding steroid dienone is 4. The molecule has 0 saturated carbocycles. The van der Waals surface area contributed by atoms with E-state index in [0.29, 0.717) is 5.82 Å². The average Bonchev–Trinajstić information content (AvgIpc) is 2.29. The number of hydrogen-bond donors (Lipinski definition) is 0. The minimum Gasteiger partial charge on any atom is -0.261 e. The molecule has 1 aliphatic heterocycles. The first kappa shape index (κ1) is 7.80. The molecule has 1 aliphatic carbocycles. The van der Waals surface area contributed by atoms with Gasteiger partial charge in [0.25, 0.3) is 0 Å². The zero-order valence-electron chi connectivity index (χ0n) is 7.72. The van der Waals surface area contributed by atoms with Gasteiger partial charge >= 0.3 is 0 Å². The van der Waals surface area contributed by atoms with Crippen LogP contribution in [0.4, 0.5) is 0 Å². The summed E-state index contributed by atoms with van der Waals surface area (Å²) in [5.74, 6) is 2.45. The Hall–Kier alpha value is -1.57. The molecule has 2 heteroatoms. The zero-order valence-corrected chi connectivity index (χ0v) is 7.72. The summed E-state index contributed by atoms with van der Waals surface area (Å²) in [6.07, 6.45) is 10.4. The van der Waals surface area contributed by atoms with E-state index in [-0.39, 0.29) is 0 Å². The van der Waals surface area contributed by atoms with Crippen molar-refractivity contribution in [1.29, 1.82) is 0 Å². The highest BCUT2D eigenvalue weighted by Gasteiger charge is 2.22. The molecule has 1 unspecified atom stereocenters. The quantitative estimate of drug-likeness (QED) is 0.555. The highest BCUT2D eigenvalue weighted by Crippen LogP contribution is 2.32. The van der Waals surface area contributed by atoms with Crippen molar-refractivity contribution in [2.45, 2.75) is 5.82 Å². The number of fused-ring (bicyclic) bond motifs is 3. The Balaban J connectivity index is 2.18. The van der Waals surface area contributed by atoms with E-state index in [9.17, 15) is 0 Å². The summed E-state index contributed by atoms with van der Waals surface area (Å²) in [4.78, 5) is 4.45. The largest absolute Gasteiger partial charge is 0.261 e. The second-order valence-electron chi connectivity index (χ2n) is 3.53. The molecule has 0 amide bonds. The van der Waals surface area contributed by atoms with Crippen LogP contribution in [0.5, 0.6) is 0 Å². The first-order valence-corrected chi connectivity index (χ1v) is 4.80. The van der Waals surface area contributed by atoms with Crippen LogP contribution in [0.25, 0.3) is 6.08 Å². The number of rotatable bonds is 0. The van der Waals surface area contributed by atoms with E-state index in [1.807, 2.05) is 12.3 Å². The van der Waals surface area contributed by atoms with Crippen LogP contribution in [0, 0.1) is 0 Å². The van der Waals surface area contributed by atoms with Gasteiger partial charge in [-0.1, -0.05) is 30.4 Å². The van der Waals surface area contributed by atoms with E-state index in [2.05, 4.69) is 48.6 Å². The van der Waals surface area contributed by atoms with Gasteiger partial charge < -0.3 is 0 Å². The van der Waals surface area contributed by atoms with Gasteiger partial charge in [0.1, 0.15) is 0 Å². The fourth-order valence-electron chi connectivity index (χ4n) is 1.98. The van der Waals surface area contributed by atoms with Gasteiger partial charge in [0.2, 0.25) is 0 Å². The highest BCUT2D eigenvalue weighted by molar-refractivity contribution is 6.46. The SMILES string of the molecule is [B]1C=CC=C2C=Cc3cccnc3C12. The minimum atomic E-state index is 0.362. The predicted octanol–water partition coefficient (Wildman–Crippen LogP) is 2.31. The third kappa shape index (κ3) is 1.07. The molecule has 14 heavy (non-hydrogen) atoms. The Kier molecular flexibility index (Phi) is 1.66. The normalized spacial score (nSPS) is 22.0. The Morgan fingerprint density at radius 2 is 2.29 bits per heavy atom. The van der Waals surface area contributed by atoms with Crippen LogP contribution in [-0.4, -0.2) is 12.3 Å². The van der Waals surface area contributed by atoms with Crippen molar-refractivity contribution < 1.29 is 0 Å². The lowest BCUT2D eigenvalue weighted by atomic mass is 9.56. The Morgan fingerprint density at radius 1 is 1.29 bits per heavy atom. The molecule has 0 spiro atoms. The van der Waals surface area contributed by atoms with E-state index in [1.54, 1.807) is 0 Å². The van der Waals surface area contributed by atoms with Crippen molar-refractivity contribution >= 4 is 13.4 Å². The van der Waals surface area contributed by atoms with Crippen LogP contribution in [0.3, 0.4) is 0 Å². The molecule has 1 nitrogen and oxygen atoms in total. The van der Waals surface area contributed by atoms with Crippen LogP contribution in [0.15, 0.2) is 48.1 Å². The summed E-state index contributed by atoms with van der Waals surface area (Å²) in [5, 5.41) is 0. The molecular formula is C12H9BN. The standard InChI is InChI=1S/C12H9BN/c1-3-9-5-6-10-4-2-8-14-12(10)11(9)13-7-1/h1-8,11H. The summed E-state index contributed by atoms with van der Waals surface area (Å²) in [6, 6.07) is 4.10. The van der Waals surface area contributed by atoms with Crippen molar-refractivity contribution in [3.05, 3.63) is 59.4 Å². The van der Waals surface area contributed by atoms with Gasteiger partial charge in [-0.25, -0.2) is 0 Å². The van der Waals surface area contributed by atoms with E-state index in [1.165, 1.54) is 16.8 Å². The van der Waals surface area contributed by atoms with Gasteiger partial charge in [-0.2, -0.15) is 0 Å². The minimum absolute atomic E-state index is 0.362. The number of nitrogens with zero attached hydrogens (tertiary/aromatic N) is 1. The Morgan fingerprint density at radius 3 is 3.29 bits per heavy atom. The first-order valence-electron chi connectivity index (χ1n) is 4.80. The summed E-state index contributed by atoms with van der Waals surface area (Å²) < 4.78 is 0. The van der Waals surface area contributed by atoms with Gasteiger partial charge in [0.15, 0.2) is 7.28 Å². The molecule has 0 N–H and O–H groups in total. The van der Waals surface area contributed by atoms with Crippen LogP contribution in [0.1, 0.15) is 17.1 Å². The van der Waals surface area contributed by atoms with Crippen LogP contribution in [-0.2, 0) is 0 Å². The third-order valence-corrected chi connectivity index (χ3v) is 2.68. The maximum atomic E-state index is 4.45. The van der Waals surface area contributed by atoms with Crippen molar-refractivity contribution in [2.75, 3.05) is 0 Å². The van der Waals surface area contributed by atoms with Crippen LogP contribution >= 0.6 is 0 Å². The lowest BCUT2D eigenvalue weighted by Crippen LogP contribution is -2.16. The van der Waals surface area contributed by atoms with Gasteiger partial charge in [0.05, 0.1) is 0 Å². The van der Waals surface area contributed by atoms with E-state index in [4.69, 9.17) is 0 Å². The number of aromatic nitrogens is 1. The van der Waals surface area contributed by atoms with Gasteiger partial charge in [-0.05, 0) is 17.2 Å². The summed E-state index contributed by atoms with van der Waals surface area (Å²) in [5.41, 5.74) is 3.74. The lowest BCUT2D eigenvalue weighted by molar-refractivity contribution is 1.01. The molecule has 0 bridgehead atoms. The number of pyridine rings is 1. The molecule has 1 radical (unpaired) electrons. The molecular weight excluding hydrogens is 169 g/mol. The van der Waals surface area contributed by atoms with Crippen molar-refractivity contribution in [1.82, 2.24) is 4.98 Å². The molecule has 0 fully saturated rings. The Labute approximate surface area is 84.1 Å². The summed E-state index contributed by atoms with van der Waals surface area (Å²) in [7, 11) is 2.20. The highest BCUT2D eigenvalue weighted by atomic mass is 14.7. The summed E-state index contributed by atoms with van der Waals surface area (Å²) in [6.45, 7) is 0. The maximum Gasteiger partial charge on any atom is 0.158 e. The van der Waals surface area contributed by atoms with Crippen molar-refractivity contribution in [3.63, 3.8) is 0 Å². The second-order valence-corrected chi connectivity index (χ2v) is 3.53. The average molecular weight is 178 g/mol. The second kappa shape index (κ2) is 2.98. The maximum absolute atomic E-state index is 4.45. The molecule has 0 saturated heterocycles. The van der Waals surface area contributed by atoms with E-state index < -0.39 is 0 Å². The zero-order chi connectivity index (χ0) is 9.38. The van der Waals surface area contributed by atoms with Gasteiger partial charge in [0, 0.05) is 17.7 Å². The predicted molar refractivity (Wildman–Crippen MR) is 59.0 cm³/mol. The summed E-state index contributed by atoms with van der Waals surface area (Å²) >= 11 is 0. The first-order chi connectivity index (χ1) is 6.95. The lowest BCUT2D eigenvalue weighted by Gasteiger charge is -2.23. The topological polar surface area (TPSA) is 12.9 Å². The fraction of sp³-hybridized carbons (Fsp3) is 0.0833.